The second kappa shape index (κ2) is 9.07. The predicted molar refractivity (Wildman–Crippen MR) is 103 cm³/mol. The summed E-state index contributed by atoms with van der Waals surface area (Å²) in [6, 6.07) is 8.20. The molecule has 0 spiro atoms. The van der Waals surface area contributed by atoms with Crippen molar-refractivity contribution in [2.24, 2.45) is 5.10 Å². The highest BCUT2D eigenvalue weighted by molar-refractivity contribution is 9.10. The van der Waals surface area contributed by atoms with E-state index < -0.39 is 5.91 Å². The van der Waals surface area contributed by atoms with Crippen LogP contribution in [0.25, 0.3) is 0 Å². The fourth-order valence-electron chi connectivity index (χ4n) is 1.77. The van der Waals surface area contributed by atoms with Gasteiger partial charge >= 0.3 is 0 Å². The number of hydrogen-bond acceptors (Lipinski definition) is 5. The SMILES string of the molecule is COc1cc(/C=N\NC(=O)COc2ccc(Cl)cc2Br)cc(Br)c1O. The first kappa shape index (κ1) is 19.6. The molecule has 2 aromatic carbocycles. The predicted octanol–water partition coefficient (Wildman–Crippen LogP) is 4.11. The lowest BCUT2D eigenvalue weighted by atomic mass is 10.2. The number of aromatic hydroxyl groups is 1. The molecule has 0 aromatic heterocycles. The van der Waals surface area contributed by atoms with E-state index in [1.54, 1.807) is 30.3 Å². The molecule has 2 aromatic rings. The summed E-state index contributed by atoms with van der Waals surface area (Å²) in [5.41, 5.74) is 2.98. The molecule has 0 fully saturated rings. The van der Waals surface area contributed by atoms with E-state index in [1.165, 1.54) is 13.3 Å². The number of methoxy groups -OCH3 is 1. The Morgan fingerprint density at radius 1 is 1.28 bits per heavy atom. The van der Waals surface area contributed by atoms with E-state index in [4.69, 9.17) is 21.1 Å². The molecule has 0 heterocycles. The van der Waals surface area contributed by atoms with Crippen LogP contribution >= 0.6 is 43.5 Å². The molecule has 2 rings (SSSR count). The molecule has 9 heteroatoms. The lowest BCUT2D eigenvalue weighted by Crippen LogP contribution is -2.24. The smallest absolute Gasteiger partial charge is 0.277 e. The largest absolute Gasteiger partial charge is 0.503 e. The van der Waals surface area contributed by atoms with Crippen LogP contribution in [-0.4, -0.2) is 30.9 Å². The van der Waals surface area contributed by atoms with Crippen LogP contribution in [0.5, 0.6) is 17.2 Å². The van der Waals surface area contributed by atoms with Gasteiger partial charge in [-0.2, -0.15) is 5.10 Å². The number of nitrogens with one attached hydrogen (secondary N) is 1. The number of amides is 1. The number of nitrogens with zero attached hydrogens (tertiary/aromatic N) is 1. The van der Waals surface area contributed by atoms with E-state index in [0.29, 0.717) is 25.3 Å². The maximum absolute atomic E-state index is 11.8. The average Bonchev–Trinajstić information content (AvgIpc) is 2.57. The number of carbonyl (C=O) groups is 1. The number of benzene rings is 2. The molecule has 0 unspecified atom stereocenters. The quantitative estimate of drug-likeness (QED) is 0.470. The molecule has 6 nitrogen and oxygen atoms in total. The number of rotatable bonds is 6. The van der Waals surface area contributed by atoms with Crippen LogP contribution in [0.15, 0.2) is 44.4 Å². The topological polar surface area (TPSA) is 80.2 Å². The van der Waals surface area contributed by atoms with Gasteiger partial charge in [-0.15, -0.1) is 0 Å². The Kier molecular flexibility index (Phi) is 7.10. The number of ether oxygens (including phenoxy) is 2. The van der Waals surface area contributed by atoms with Crippen LogP contribution < -0.4 is 14.9 Å². The number of hydrazone groups is 1. The summed E-state index contributed by atoms with van der Waals surface area (Å²) < 4.78 is 11.5. The highest BCUT2D eigenvalue weighted by Crippen LogP contribution is 2.34. The summed E-state index contributed by atoms with van der Waals surface area (Å²) in [5, 5.41) is 14.1. The first-order chi connectivity index (χ1) is 11.9. The van der Waals surface area contributed by atoms with Gasteiger partial charge in [-0.25, -0.2) is 5.43 Å². The van der Waals surface area contributed by atoms with E-state index >= 15 is 0 Å². The molecule has 2 N–H and O–H groups in total. The Hall–Kier alpha value is -1.77. The summed E-state index contributed by atoms with van der Waals surface area (Å²) in [4.78, 5) is 11.8. The Labute approximate surface area is 166 Å². The van der Waals surface area contributed by atoms with Crippen molar-refractivity contribution in [3.8, 4) is 17.2 Å². The van der Waals surface area contributed by atoms with Crippen LogP contribution in [-0.2, 0) is 4.79 Å². The zero-order valence-electron chi connectivity index (χ0n) is 12.9. The summed E-state index contributed by atoms with van der Waals surface area (Å²) in [6.45, 7) is -0.208. The van der Waals surface area contributed by atoms with E-state index in [9.17, 15) is 9.90 Å². The van der Waals surface area contributed by atoms with E-state index in [1.807, 2.05) is 0 Å². The minimum Gasteiger partial charge on any atom is -0.503 e. The highest BCUT2D eigenvalue weighted by atomic mass is 79.9. The van der Waals surface area contributed by atoms with Crippen molar-refractivity contribution in [1.82, 2.24) is 5.43 Å². The van der Waals surface area contributed by atoms with Gasteiger partial charge in [0, 0.05) is 5.02 Å². The number of halogens is 3. The maximum Gasteiger partial charge on any atom is 0.277 e. The fraction of sp³-hybridized carbons (Fsp3) is 0.125. The molecule has 0 aliphatic carbocycles. The summed E-state index contributed by atoms with van der Waals surface area (Å²) in [7, 11) is 1.44. The van der Waals surface area contributed by atoms with Crippen molar-refractivity contribution in [2.75, 3.05) is 13.7 Å². The molecule has 0 saturated heterocycles. The Morgan fingerprint density at radius 3 is 2.72 bits per heavy atom. The third kappa shape index (κ3) is 5.62. The summed E-state index contributed by atoms with van der Waals surface area (Å²) in [6.07, 6.45) is 1.42. The van der Waals surface area contributed by atoms with Gasteiger partial charge in [0.1, 0.15) is 5.75 Å². The molecular formula is C16H13Br2ClN2O4. The van der Waals surface area contributed by atoms with Crippen molar-refractivity contribution < 1.29 is 19.4 Å². The van der Waals surface area contributed by atoms with Gasteiger partial charge in [0.15, 0.2) is 18.1 Å². The van der Waals surface area contributed by atoms with Gasteiger partial charge in [-0.05, 0) is 67.8 Å². The lowest BCUT2D eigenvalue weighted by Gasteiger charge is -2.07. The van der Waals surface area contributed by atoms with Gasteiger partial charge in [0.25, 0.3) is 5.91 Å². The van der Waals surface area contributed by atoms with Gasteiger partial charge < -0.3 is 14.6 Å². The van der Waals surface area contributed by atoms with E-state index in [2.05, 4.69) is 42.4 Å². The second-order valence-corrected chi connectivity index (χ2v) is 6.86. The van der Waals surface area contributed by atoms with Gasteiger partial charge in [0.2, 0.25) is 0 Å². The molecule has 1 amide bonds. The highest BCUT2D eigenvalue weighted by Gasteiger charge is 2.08. The van der Waals surface area contributed by atoms with Crippen LogP contribution in [0, 0.1) is 0 Å². The van der Waals surface area contributed by atoms with Crippen molar-refractivity contribution in [1.29, 1.82) is 0 Å². The number of phenolic OH excluding ortho intramolecular Hbond substituents is 1. The third-order valence-corrected chi connectivity index (χ3v) is 4.39. The number of carbonyl (C=O) groups excluding carboxylic acids is 1. The molecule has 0 saturated carbocycles. The first-order valence-electron chi connectivity index (χ1n) is 6.87. The fourth-order valence-corrected chi connectivity index (χ4v) is 3.03. The molecule has 0 aliphatic rings. The van der Waals surface area contributed by atoms with E-state index in [-0.39, 0.29) is 18.1 Å². The molecular weight excluding hydrogens is 479 g/mol. The lowest BCUT2D eigenvalue weighted by molar-refractivity contribution is -0.123. The summed E-state index contributed by atoms with van der Waals surface area (Å²) >= 11 is 12.3. The molecule has 0 bridgehead atoms. The van der Waals surface area contributed by atoms with Crippen LogP contribution in [0.2, 0.25) is 5.02 Å². The number of hydrogen-bond donors (Lipinski definition) is 2. The normalized spacial score (nSPS) is 10.7. The Bertz CT molecular complexity index is 815. The van der Waals surface area contributed by atoms with E-state index in [0.717, 1.165) is 0 Å². The minimum atomic E-state index is -0.428. The first-order valence-corrected chi connectivity index (χ1v) is 8.83. The molecule has 132 valence electrons. The maximum atomic E-state index is 11.8. The summed E-state index contributed by atoms with van der Waals surface area (Å²) in [5.74, 6) is 0.349. The number of phenols is 1. The van der Waals surface area contributed by atoms with Crippen molar-refractivity contribution in [2.45, 2.75) is 0 Å². The van der Waals surface area contributed by atoms with Crippen LogP contribution in [0.4, 0.5) is 0 Å². The molecule has 0 atom stereocenters. The van der Waals surface area contributed by atoms with Gasteiger partial charge in [-0.3, -0.25) is 4.79 Å². The van der Waals surface area contributed by atoms with Gasteiger partial charge in [0.05, 0.1) is 22.3 Å². The van der Waals surface area contributed by atoms with Crippen molar-refractivity contribution in [3.63, 3.8) is 0 Å². The zero-order chi connectivity index (χ0) is 18.4. The Balaban J connectivity index is 1.91. The molecule has 25 heavy (non-hydrogen) atoms. The van der Waals surface area contributed by atoms with Crippen molar-refractivity contribution in [3.05, 3.63) is 49.9 Å². The standard InChI is InChI=1S/C16H13Br2ClN2O4/c1-24-14-5-9(4-12(18)16(14)23)7-20-21-15(22)8-25-13-3-2-10(19)6-11(13)17/h2-7,23H,8H2,1H3,(H,21,22)/b20-7-. The zero-order valence-corrected chi connectivity index (χ0v) is 16.9. The third-order valence-electron chi connectivity index (χ3n) is 2.93. The molecule has 0 radical (unpaired) electrons. The van der Waals surface area contributed by atoms with Gasteiger partial charge in [-0.1, -0.05) is 11.6 Å². The van der Waals surface area contributed by atoms with Crippen LogP contribution in [0.1, 0.15) is 5.56 Å². The minimum absolute atomic E-state index is 0.00868. The van der Waals surface area contributed by atoms with Crippen molar-refractivity contribution >= 4 is 55.6 Å². The van der Waals surface area contributed by atoms with Crippen LogP contribution in [0.3, 0.4) is 0 Å². The average molecular weight is 493 g/mol. The Morgan fingerprint density at radius 2 is 2.04 bits per heavy atom. The monoisotopic (exact) mass is 490 g/mol. The second-order valence-electron chi connectivity index (χ2n) is 4.71. The molecule has 0 aliphatic heterocycles.